The number of aromatic amines is 1. The van der Waals surface area contributed by atoms with Crippen molar-refractivity contribution in [2.45, 2.75) is 13.0 Å². The van der Waals surface area contributed by atoms with Crippen LogP contribution in [0.3, 0.4) is 0 Å². The van der Waals surface area contributed by atoms with E-state index in [1.54, 1.807) is 42.7 Å². The number of benzene rings is 2. The summed E-state index contributed by atoms with van der Waals surface area (Å²) in [5, 5.41) is 9.40. The van der Waals surface area contributed by atoms with Crippen LogP contribution in [0, 0.1) is 5.82 Å². The number of nitrogens with one attached hydrogen (secondary N) is 2. The lowest BCUT2D eigenvalue weighted by molar-refractivity contribution is 0.0940. The third kappa shape index (κ3) is 3.63. The lowest BCUT2D eigenvalue weighted by Crippen LogP contribution is -2.26. The van der Waals surface area contributed by atoms with Crippen LogP contribution in [0.5, 0.6) is 0 Å². The number of aromatic nitrogens is 2. The number of hydrogen-bond acceptors (Lipinski definition) is 3. The van der Waals surface area contributed by atoms with E-state index in [9.17, 15) is 14.0 Å². The van der Waals surface area contributed by atoms with Crippen molar-refractivity contribution in [3.8, 4) is 11.1 Å². The maximum Gasteiger partial charge on any atom is 0.251 e. The first-order chi connectivity index (χ1) is 12.1. The van der Waals surface area contributed by atoms with Crippen LogP contribution in [0.4, 0.5) is 4.39 Å². The first-order valence-corrected chi connectivity index (χ1v) is 7.73. The summed E-state index contributed by atoms with van der Waals surface area (Å²) in [4.78, 5) is 23.8. The molecule has 1 unspecified atom stereocenters. The second kappa shape index (κ2) is 7.09. The topological polar surface area (TPSA) is 74.8 Å². The van der Waals surface area contributed by atoms with Crippen LogP contribution < -0.4 is 5.32 Å². The molecule has 3 aromatic rings. The zero-order valence-corrected chi connectivity index (χ0v) is 13.5. The smallest absolute Gasteiger partial charge is 0.251 e. The van der Waals surface area contributed by atoms with Crippen molar-refractivity contribution in [3.05, 3.63) is 77.4 Å². The summed E-state index contributed by atoms with van der Waals surface area (Å²) in [6, 6.07) is 10.6. The number of nitrogens with zero attached hydrogens (tertiary/aromatic N) is 1. The summed E-state index contributed by atoms with van der Waals surface area (Å²) in [6.07, 6.45) is 4.00. The number of H-pyrrole nitrogens is 1. The standard InChI is InChI=1S/C19H16FN3O2/c1-12(13-2-5-17(20)6-3-13)23-19(25)14-4-7-18(15(8-14)11-24)16-9-21-22-10-16/h2-12H,1H3,(H,21,22)(H,23,25). The maximum atomic E-state index is 13.0. The van der Waals surface area contributed by atoms with E-state index in [1.807, 2.05) is 6.92 Å². The highest BCUT2D eigenvalue weighted by molar-refractivity contribution is 5.98. The summed E-state index contributed by atoms with van der Waals surface area (Å²) in [5.41, 5.74) is 3.05. The molecule has 126 valence electrons. The van der Waals surface area contributed by atoms with Gasteiger partial charge in [0.1, 0.15) is 5.82 Å². The normalized spacial score (nSPS) is 11.8. The Morgan fingerprint density at radius 1 is 1.24 bits per heavy atom. The van der Waals surface area contributed by atoms with Gasteiger partial charge in [0.05, 0.1) is 12.2 Å². The minimum atomic E-state index is -0.326. The quantitative estimate of drug-likeness (QED) is 0.700. The maximum absolute atomic E-state index is 13.0. The highest BCUT2D eigenvalue weighted by Gasteiger charge is 2.14. The average molecular weight is 337 g/mol. The van der Waals surface area contributed by atoms with E-state index in [1.165, 1.54) is 12.1 Å². The van der Waals surface area contributed by atoms with Crippen LogP contribution >= 0.6 is 0 Å². The number of hydrogen-bond donors (Lipinski definition) is 2. The van der Waals surface area contributed by atoms with E-state index < -0.39 is 0 Å². The van der Waals surface area contributed by atoms with Crippen molar-refractivity contribution < 1.29 is 14.0 Å². The van der Waals surface area contributed by atoms with Crippen LogP contribution in [0.2, 0.25) is 0 Å². The molecule has 1 amide bonds. The van der Waals surface area contributed by atoms with Crippen molar-refractivity contribution >= 4 is 12.2 Å². The van der Waals surface area contributed by atoms with Crippen LogP contribution in [0.1, 0.15) is 39.2 Å². The van der Waals surface area contributed by atoms with Gasteiger partial charge in [-0.1, -0.05) is 18.2 Å². The molecule has 5 nitrogen and oxygen atoms in total. The summed E-state index contributed by atoms with van der Waals surface area (Å²) >= 11 is 0. The summed E-state index contributed by atoms with van der Waals surface area (Å²) in [7, 11) is 0. The fourth-order valence-corrected chi connectivity index (χ4v) is 2.58. The van der Waals surface area contributed by atoms with Crippen molar-refractivity contribution in [2.75, 3.05) is 0 Å². The molecule has 0 radical (unpaired) electrons. The molecule has 0 aliphatic carbocycles. The summed E-state index contributed by atoms with van der Waals surface area (Å²) in [5.74, 6) is -0.633. The van der Waals surface area contributed by atoms with Crippen molar-refractivity contribution in [1.82, 2.24) is 15.5 Å². The van der Waals surface area contributed by atoms with E-state index in [0.717, 1.165) is 11.1 Å². The van der Waals surface area contributed by atoms with Crippen molar-refractivity contribution in [3.63, 3.8) is 0 Å². The molecule has 1 atom stereocenters. The van der Waals surface area contributed by atoms with E-state index in [-0.39, 0.29) is 17.8 Å². The van der Waals surface area contributed by atoms with Gasteiger partial charge in [-0.25, -0.2) is 4.39 Å². The molecule has 0 bridgehead atoms. The van der Waals surface area contributed by atoms with Crippen molar-refractivity contribution in [2.24, 2.45) is 0 Å². The number of rotatable bonds is 5. The first-order valence-electron chi connectivity index (χ1n) is 7.73. The lowest BCUT2D eigenvalue weighted by Gasteiger charge is -2.15. The molecule has 1 aromatic heterocycles. The monoisotopic (exact) mass is 337 g/mol. The van der Waals surface area contributed by atoms with E-state index in [4.69, 9.17) is 0 Å². The van der Waals surface area contributed by atoms with Gasteiger partial charge in [0.25, 0.3) is 5.91 Å². The Hall–Kier alpha value is -3.28. The van der Waals surface area contributed by atoms with Crippen LogP contribution in [-0.4, -0.2) is 22.4 Å². The van der Waals surface area contributed by atoms with Gasteiger partial charge in [-0.3, -0.25) is 14.7 Å². The molecule has 6 heteroatoms. The fraction of sp³-hybridized carbons (Fsp3) is 0.105. The molecule has 2 N–H and O–H groups in total. The Labute approximate surface area is 143 Å². The molecular weight excluding hydrogens is 321 g/mol. The Morgan fingerprint density at radius 3 is 2.64 bits per heavy atom. The van der Waals surface area contributed by atoms with Crippen molar-refractivity contribution in [1.29, 1.82) is 0 Å². The zero-order chi connectivity index (χ0) is 17.8. The molecule has 0 aliphatic rings. The van der Waals surface area contributed by atoms with Gasteiger partial charge in [-0.2, -0.15) is 5.10 Å². The van der Waals surface area contributed by atoms with Crippen LogP contribution in [0.15, 0.2) is 54.9 Å². The molecule has 2 aromatic carbocycles. The number of halogens is 1. The largest absolute Gasteiger partial charge is 0.346 e. The third-order valence-corrected chi connectivity index (χ3v) is 3.97. The molecule has 0 aliphatic heterocycles. The molecule has 0 saturated heterocycles. The predicted molar refractivity (Wildman–Crippen MR) is 91.7 cm³/mol. The van der Waals surface area contributed by atoms with Gasteiger partial charge in [-0.15, -0.1) is 0 Å². The van der Waals surface area contributed by atoms with E-state index in [2.05, 4.69) is 15.5 Å². The predicted octanol–water partition coefficient (Wildman–Crippen LogP) is 3.52. The molecule has 3 rings (SSSR count). The molecule has 25 heavy (non-hydrogen) atoms. The molecule has 1 heterocycles. The molecule has 0 spiro atoms. The second-order valence-electron chi connectivity index (χ2n) is 5.65. The molecule has 0 fully saturated rings. The second-order valence-corrected chi connectivity index (χ2v) is 5.65. The Kier molecular flexibility index (Phi) is 4.70. The van der Waals surface area contributed by atoms with Gasteiger partial charge in [0, 0.05) is 22.9 Å². The van der Waals surface area contributed by atoms with E-state index in [0.29, 0.717) is 23.0 Å². The van der Waals surface area contributed by atoms with E-state index >= 15 is 0 Å². The van der Waals surface area contributed by atoms with Gasteiger partial charge in [0.15, 0.2) is 6.29 Å². The Morgan fingerprint density at radius 2 is 2.00 bits per heavy atom. The number of aldehydes is 1. The zero-order valence-electron chi connectivity index (χ0n) is 13.5. The average Bonchev–Trinajstić information content (AvgIpc) is 3.16. The lowest BCUT2D eigenvalue weighted by atomic mass is 10.00. The summed E-state index contributed by atoms with van der Waals surface area (Å²) < 4.78 is 13.0. The molecule has 0 saturated carbocycles. The van der Waals surface area contributed by atoms with Gasteiger partial charge in [0.2, 0.25) is 0 Å². The van der Waals surface area contributed by atoms with Crippen LogP contribution in [0.25, 0.3) is 11.1 Å². The molecular formula is C19H16FN3O2. The first kappa shape index (κ1) is 16.6. The van der Waals surface area contributed by atoms with Gasteiger partial charge >= 0.3 is 0 Å². The third-order valence-electron chi connectivity index (χ3n) is 3.97. The number of carbonyl (C=O) groups is 2. The fourth-order valence-electron chi connectivity index (χ4n) is 2.58. The number of amides is 1. The van der Waals surface area contributed by atoms with Crippen LogP contribution in [-0.2, 0) is 0 Å². The highest BCUT2D eigenvalue weighted by atomic mass is 19.1. The Bertz CT molecular complexity index is 890. The Balaban J connectivity index is 1.80. The number of carbonyl (C=O) groups excluding carboxylic acids is 2. The SMILES string of the molecule is CC(NC(=O)c1ccc(-c2cn[nH]c2)c(C=O)c1)c1ccc(F)cc1. The summed E-state index contributed by atoms with van der Waals surface area (Å²) in [6.45, 7) is 1.81. The van der Waals surface area contributed by atoms with Gasteiger partial charge < -0.3 is 5.32 Å². The minimum Gasteiger partial charge on any atom is -0.346 e. The highest BCUT2D eigenvalue weighted by Crippen LogP contribution is 2.23. The minimum absolute atomic E-state index is 0.290. The van der Waals surface area contributed by atoms with Gasteiger partial charge in [-0.05, 0) is 42.3 Å².